The van der Waals surface area contributed by atoms with E-state index in [2.05, 4.69) is 0 Å². The first-order valence-electron chi connectivity index (χ1n) is 5.64. The van der Waals surface area contributed by atoms with Crippen molar-refractivity contribution in [3.8, 4) is 11.5 Å². The Balaban J connectivity index is 2.84. The number of aromatic hydroxyl groups is 1. The lowest BCUT2D eigenvalue weighted by Crippen LogP contribution is -1.99. The van der Waals surface area contributed by atoms with Crippen LogP contribution in [0.4, 0.5) is 0 Å². The van der Waals surface area contributed by atoms with Crippen LogP contribution in [0.5, 0.6) is 11.5 Å². The summed E-state index contributed by atoms with van der Waals surface area (Å²) in [6, 6.07) is 6.84. The van der Waals surface area contributed by atoms with Gasteiger partial charge in [-0.25, -0.2) is 4.79 Å². The van der Waals surface area contributed by atoms with Crippen molar-refractivity contribution in [3.05, 3.63) is 35.4 Å². The van der Waals surface area contributed by atoms with Crippen molar-refractivity contribution >= 4 is 16.7 Å². The van der Waals surface area contributed by atoms with Crippen LogP contribution in [0, 0.1) is 0 Å². The lowest BCUT2D eigenvalue weighted by molar-refractivity contribution is 0.0693. The van der Waals surface area contributed by atoms with Crippen LogP contribution in [-0.2, 0) is 6.42 Å². The minimum Gasteiger partial charge on any atom is -0.506 e. The minimum absolute atomic E-state index is 0.149. The van der Waals surface area contributed by atoms with Crippen LogP contribution in [0.3, 0.4) is 0 Å². The zero-order chi connectivity index (χ0) is 13.3. The predicted octanol–water partition coefficient (Wildman–Crippen LogP) is 2.81. The van der Waals surface area contributed by atoms with Crippen LogP contribution >= 0.6 is 0 Å². The molecule has 0 aliphatic carbocycles. The Labute approximate surface area is 104 Å². The van der Waals surface area contributed by atoms with E-state index in [4.69, 9.17) is 9.84 Å². The van der Waals surface area contributed by atoms with Crippen molar-refractivity contribution in [1.29, 1.82) is 0 Å². The van der Waals surface area contributed by atoms with Gasteiger partial charge < -0.3 is 14.9 Å². The summed E-state index contributed by atoms with van der Waals surface area (Å²) < 4.78 is 5.20. The summed E-state index contributed by atoms with van der Waals surface area (Å²) in [6.07, 6.45) is 0.862. The molecule has 4 nitrogen and oxygen atoms in total. The van der Waals surface area contributed by atoms with Crippen molar-refractivity contribution in [2.24, 2.45) is 0 Å². The Morgan fingerprint density at radius 2 is 2.00 bits per heavy atom. The van der Waals surface area contributed by atoms with Gasteiger partial charge >= 0.3 is 5.97 Å². The Morgan fingerprint density at radius 3 is 2.56 bits per heavy atom. The average molecular weight is 246 g/mol. The average Bonchev–Trinajstić information content (AvgIpc) is 2.38. The SMILES string of the molecule is CCc1ccc2c(O)c(C(=O)O)cc(OC)c2c1. The number of methoxy groups -OCH3 is 1. The van der Waals surface area contributed by atoms with Crippen LogP contribution in [0.2, 0.25) is 0 Å². The van der Waals surface area contributed by atoms with Crippen LogP contribution in [0.1, 0.15) is 22.8 Å². The number of phenols is 1. The number of carboxylic acids is 1. The maximum absolute atomic E-state index is 11.0. The zero-order valence-corrected chi connectivity index (χ0v) is 10.2. The first kappa shape index (κ1) is 12.2. The minimum atomic E-state index is -1.17. The van der Waals surface area contributed by atoms with E-state index in [1.807, 2.05) is 19.1 Å². The van der Waals surface area contributed by atoms with Crippen LogP contribution < -0.4 is 4.74 Å². The molecule has 2 aromatic carbocycles. The molecule has 0 radical (unpaired) electrons. The second kappa shape index (κ2) is 4.56. The van der Waals surface area contributed by atoms with Gasteiger partial charge in [0.2, 0.25) is 0 Å². The molecule has 2 N–H and O–H groups in total. The summed E-state index contributed by atoms with van der Waals surface area (Å²) in [4.78, 5) is 11.0. The van der Waals surface area contributed by atoms with E-state index in [-0.39, 0.29) is 11.3 Å². The normalized spacial score (nSPS) is 10.6. The van der Waals surface area contributed by atoms with E-state index < -0.39 is 5.97 Å². The number of aromatic carboxylic acids is 1. The molecule has 0 bridgehead atoms. The number of benzene rings is 2. The highest BCUT2D eigenvalue weighted by Gasteiger charge is 2.16. The summed E-state index contributed by atoms with van der Waals surface area (Å²) >= 11 is 0. The number of hydrogen-bond acceptors (Lipinski definition) is 3. The number of carbonyl (C=O) groups is 1. The van der Waals surface area contributed by atoms with E-state index >= 15 is 0 Å². The monoisotopic (exact) mass is 246 g/mol. The summed E-state index contributed by atoms with van der Waals surface area (Å²) in [7, 11) is 1.48. The van der Waals surface area contributed by atoms with Crippen molar-refractivity contribution in [1.82, 2.24) is 0 Å². The zero-order valence-electron chi connectivity index (χ0n) is 10.2. The van der Waals surface area contributed by atoms with E-state index in [9.17, 15) is 9.90 Å². The number of rotatable bonds is 3. The molecule has 4 heteroatoms. The molecule has 0 fully saturated rings. The smallest absolute Gasteiger partial charge is 0.339 e. The number of carboxylic acid groups (broad SMARTS) is 1. The fourth-order valence-electron chi connectivity index (χ4n) is 1.98. The number of fused-ring (bicyclic) bond motifs is 1. The number of aryl methyl sites for hydroxylation is 1. The Morgan fingerprint density at radius 1 is 1.28 bits per heavy atom. The predicted molar refractivity (Wildman–Crippen MR) is 68.5 cm³/mol. The molecule has 2 rings (SSSR count). The molecule has 94 valence electrons. The van der Waals surface area contributed by atoms with E-state index in [0.29, 0.717) is 11.1 Å². The van der Waals surface area contributed by atoms with Gasteiger partial charge in [-0.05, 0) is 24.1 Å². The molecule has 2 aromatic rings. The molecule has 0 atom stereocenters. The Kier molecular flexibility index (Phi) is 3.10. The fourth-order valence-corrected chi connectivity index (χ4v) is 1.98. The van der Waals surface area contributed by atoms with Gasteiger partial charge in [-0.3, -0.25) is 0 Å². The maximum atomic E-state index is 11.0. The highest BCUT2D eigenvalue weighted by atomic mass is 16.5. The van der Waals surface area contributed by atoms with Gasteiger partial charge in [0.25, 0.3) is 0 Å². The molecule has 0 saturated heterocycles. The highest BCUT2D eigenvalue weighted by Crippen LogP contribution is 2.36. The van der Waals surface area contributed by atoms with Gasteiger partial charge in [0.15, 0.2) is 0 Å². The second-order valence-corrected chi connectivity index (χ2v) is 4.01. The molecule has 0 saturated carbocycles. The van der Waals surface area contributed by atoms with E-state index in [1.54, 1.807) is 6.07 Å². The first-order chi connectivity index (χ1) is 8.58. The van der Waals surface area contributed by atoms with Gasteiger partial charge in [-0.15, -0.1) is 0 Å². The van der Waals surface area contributed by atoms with Gasteiger partial charge in [-0.2, -0.15) is 0 Å². The topological polar surface area (TPSA) is 66.8 Å². The summed E-state index contributed by atoms with van der Waals surface area (Å²) in [5.74, 6) is -0.941. The van der Waals surface area contributed by atoms with Gasteiger partial charge in [-0.1, -0.05) is 19.1 Å². The number of ether oxygens (including phenoxy) is 1. The highest BCUT2D eigenvalue weighted by molar-refractivity contribution is 6.03. The third kappa shape index (κ3) is 1.86. The lowest BCUT2D eigenvalue weighted by Gasteiger charge is -2.11. The molecule has 0 aliphatic rings. The maximum Gasteiger partial charge on any atom is 0.339 e. The van der Waals surface area contributed by atoms with Crippen LogP contribution in [-0.4, -0.2) is 23.3 Å². The third-order valence-electron chi connectivity index (χ3n) is 2.99. The lowest BCUT2D eigenvalue weighted by atomic mass is 10.0. The van der Waals surface area contributed by atoms with Crippen molar-refractivity contribution in [2.45, 2.75) is 13.3 Å². The third-order valence-corrected chi connectivity index (χ3v) is 2.99. The number of hydrogen-bond donors (Lipinski definition) is 2. The van der Waals surface area contributed by atoms with Crippen LogP contribution in [0.25, 0.3) is 10.8 Å². The Bertz CT molecular complexity index is 617. The van der Waals surface area contributed by atoms with E-state index in [1.165, 1.54) is 13.2 Å². The van der Waals surface area contributed by atoms with Crippen molar-refractivity contribution < 1.29 is 19.7 Å². The standard InChI is InChI=1S/C14H14O4/c1-3-8-4-5-9-10(6-8)12(18-2)7-11(13(9)15)14(16)17/h4-7,15H,3H2,1-2H3,(H,16,17). The van der Waals surface area contributed by atoms with Gasteiger partial charge in [0.05, 0.1) is 7.11 Å². The summed E-state index contributed by atoms with van der Waals surface area (Å²) in [6.45, 7) is 2.03. The molecule has 0 aliphatic heterocycles. The molecule has 0 unspecified atom stereocenters. The molecular formula is C14H14O4. The van der Waals surface area contributed by atoms with E-state index in [0.717, 1.165) is 17.4 Å². The quantitative estimate of drug-likeness (QED) is 0.873. The van der Waals surface area contributed by atoms with Crippen molar-refractivity contribution in [3.63, 3.8) is 0 Å². The largest absolute Gasteiger partial charge is 0.506 e. The van der Waals surface area contributed by atoms with Crippen molar-refractivity contribution in [2.75, 3.05) is 7.11 Å². The molecule has 0 spiro atoms. The molecule has 18 heavy (non-hydrogen) atoms. The Hall–Kier alpha value is -2.23. The molecular weight excluding hydrogens is 232 g/mol. The van der Waals surface area contributed by atoms with Crippen LogP contribution in [0.15, 0.2) is 24.3 Å². The molecule has 0 aromatic heterocycles. The molecule has 0 heterocycles. The first-order valence-corrected chi connectivity index (χ1v) is 5.64. The van der Waals surface area contributed by atoms with Gasteiger partial charge in [0, 0.05) is 10.8 Å². The summed E-state index contributed by atoms with van der Waals surface area (Å²) in [5, 5.41) is 20.2. The summed E-state index contributed by atoms with van der Waals surface area (Å²) in [5.41, 5.74) is 0.951. The van der Waals surface area contributed by atoms with Gasteiger partial charge in [0.1, 0.15) is 17.1 Å². The molecule has 0 amide bonds. The second-order valence-electron chi connectivity index (χ2n) is 4.01. The fraction of sp³-hybridized carbons (Fsp3) is 0.214.